The van der Waals surface area contributed by atoms with E-state index >= 15 is 0 Å². The summed E-state index contributed by atoms with van der Waals surface area (Å²) in [4.78, 5) is 20.8. The van der Waals surface area contributed by atoms with Crippen LogP contribution in [-0.4, -0.2) is 53.5 Å². The molecule has 6 nitrogen and oxygen atoms in total. The average molecular weight is 460 g/mol. The summed E-state index contributed by atoms with van der Waals surface area (Å²) in [6, 6.07) is 14.5. The highest BCUT2D eigenvalue weighted by Crippen LogP contribution is 2.27. The van der Waals surface area contributed by atoms with Gasteiger partial charge in [0.15, 0.2) is 11.6 Å². The van der Waals surface area contributed by atoms with Crippen molar-refractivity contribution in [3.63, 3.8) is 0 Å². The number of nitrogens with zero attached hydrogens (tertiary/aromatic N) is 3. The molecule has 174 valence electrons. The molecule has 0 N–H and O–H groups in total. The SMILES string of the molecule is O=C(/C=C/c1ccc(Oc2cccnc2)c(F)c1)N1CCN(Cc2ccc3c(c2)CCO3)CC1. The second-order valence-electron chi connectivity index (χ2n) is 8.46. The smallest absolute Gasteiger partial charge is 0.246 e. The topological polar surface area (TPSA) is 54.9 Å². The van der Waals surface area contributed by atoms with Gasteiger partial charge < -0.3 is 14.4 Å². The Morgan fingerprint density at radius 2 is 2.00 bits per heavy atom. The number of rotatable bonds is 6. The number of aromatic nitrogens is 1. The fraction of sp³-hybridized carbons (Fsp3) is 0.259. The van der Waals surface area contributed by atoms with Crippen LogP contribution in [0.25, 0.3) is 6.08 Å². The zero-order chi connectivity index (χ0) is 23.3. The van der Waals surface area contributed by atoms with Gasteiger partial charge in [-0.15, -0.1) is 0 Å². The number of carbonyl (C=O) groups is 1. The molecule has 2 aliphatic rings. The molecule has 0 aliphatic carbocycles. The van der Waals surface area contributed by atoms with E-state index in [1.165, 1.54) is 29.5 Å². The van der Waals surface area contributed by atoms with Crippen LogP contribution in [0.4, 0.5) is 4.39 Å². The van der Waals surface area contributed by atoms with Crippen LogP contribution in [-0.2, 0) is 17.8 Å². The van der Waals surface area contributed by atoms with Gasteiger partial charge in [0.1, 0.15) is 11.5 Å². The Bertz CT molecular complexity index is 1190. The highest BCUT2D eigenvalue weighted by Gasteiger charge is 2.20. The summed E-state index contributed by atoms with van der Waals surface area (Å²) in [6.07, 6.45) is 7.26. The summed E-state index contributed by atoms with van der Waals surface area (Å²) in [5.74, 6) is 1.02. The van der Waals surface area contributed by atoms with Crippen LogP contribution in [0.3, 0.4) is 0 Å². The van der Waals surface area contributed by atoms with Crippen molar-refractivity contribution >= 4 is 12.0 Å². The van der Waals surface area contributed by atoms with Crippen molar-refractivity contribution in [2.75, 3.05) is 32.8 Å². The second kappa shape index (κ2) is 10.1. The van der Waals surface area contributed by atoms with Crippen molar-refractivity contribution in [3.05, 3.63) is 89.5 Å². The number of pyridine rings is 1. The quantitative estimate of drug-likeness (QED) is 0.515. The summed E-state index contributed by atoms with van der Waals surface area (Å²) < 4.78 is 25.5. The van der Waals surface area contributed by atoms with Gasteiger partial charge in [-0.05, 0) is 53.1 Å². The van der Waals surface area contributed by atoms with Crippen molar-refractivity contribution in [2.45, 2.75) is 13.0 Å². The minimum atomic E-state index is -0.495. The van der Waals surface area contributed by atoms with Crippen LogP contribution in [0, 0.1) is 5.82 Å². The zero-order valence-electron chi connectivity index (χ0n) is 18.8. The number of fused-ring (bicyclic) bond motifs is 1. The van der Waals surface area contributed by atoms with Gasteiger partial charge >= 0.3 is 0 Å². The number of hydrogen-bond acceptors (Lipinski definition) is 5. The molecule has 0 spiro atoms. The third kappa shape index (κ3) is 5.26. The molecule has 0 saturated carbocycles. The molecule has 0 unspecified atom stereocenters. The Morgan fingerprint density at radius 3 is 2.79 bits per heavy atom. The summed E-state index contributed by atoms with van der Waals surface area (Å²) in [6.45, 7) is 4.62. The molecule has 0 bridgehead atoms. The molecule has 1 aromatic heterocycles. The second-order valence-corrected chi connectivity index (χ2v) is 8.46. The Morgan fingerprint density at radius 1 is 1.12 bits per heavy atom. The first-order valence-corrected chi connectivity index (χ1v) is 11.5. The van der Waals surface area contributed by atoms with Crippen LogP contribution in [0.5, 0.6) is 17.2 Å². The van der Waals surface area contributed by atoms with E-state index in [0.717, 1.165) is 38.4 Å². The molecule has 1 amide bonds. The lowest BCUT2D eigenvalue weighted by molar-refractivity contribution is -0.127. The predicted octanol–water partition coefficient (Wildman–Crippen LogP) is 4.31. The van der Waals surface area contributed by atoms with E-state index in [0.29, 0.717) is 24.4 Å². The Labute approximate surface area is 198 Å². The Balaban J connectivity index is 1.12. The minimum absolute atomic E-state index is 0.0644. The van der Waals surface area contributed by atoms with E-state index in [9.17, 15) is 9.18 Å². The third-order valence-electron chi connectivity index (χ3n) is 6.08. The standard InChI is InChI=1S/C27H26FN3O3/c28-24-17-20(3-7-26(24)34-23-2-1-10-29-18-23)5-8-27(32)31-13-11-30(12-14-31)19-21-4-6-25-22(16-21)9-15-33-25/h1-8,10,16-18H,9,11-15,19H2/b8-5+. The van der Waals surface area contributed by atoms with Gasteiger partial charge in [0.2, 0.25) is 5.91 Å². The number of hydrogen-bond donors (Lipinski definition) is 0. The molecular formula is C27H26FN3O3. The molecule has 3 aromatic rings. The Hall–Kier alpha value is -3.71. The molecule has 0 atom stereocenters. The minimum Gasteiger partial charge on any atom is -0.493 e. The van der Waals surface area contributed by atoms with Crippen molar-refractivity contribution in [1.82, 2.24) is 14.8 Å². The molecular weight excluding hydrogens is 433 g/mol. The number of benzene rings is 2. The largest absolute Gasteiger partial charge is 0.493 e. The van der Waals surface area contributed by atoms with Crippen LogP contribution < -0.4 is 9.47 Å². The van der Waals surface area contributed by atoms with Gasteiger partial charge in [0.05, 0.1) is 12.8 Å². The lowest BCUT2D eigenvalue weighted by Crippen LogP contribution is -2.47. The van der Waals surface area contributed by atoms with Crippen LogP contribution >= 0.6 is 0 Å². The molecule has 1 saturated heterocycles. The van der Waals surface area contributed by atoms with E-state index in [1.807, 2.05) is 4.90 Å². The van der Waals surface area contributed by atoms with Crippen LogP contribution in [0.2, 0.25) is 0 Å². The lowest BCUT2D eigenvalue weighted by Gasteiger charge is -2.34. The fourth-order valence-electron chi connectivity index (χ4n) is 4.23. The lowest BCUT2D eigenvalue weighted by atomic mass is 10.1. The van der Waals surface area contributed by atoms with Gasteiger partial charge in [-0.25, -0.2) is 4.39 Å². The number of carbonyl (C=O) groups excluding carboxylic acids is 1. The average Bonchev–Trinajstić information content (AvgIpc) is 3.33. The van der Waals surface area contributed by atoms with Gasteiger partial charge in [-0.2, -0.15) is 0 Å². The van der Waals surface area contributed by atoms with Gasteiger partial charge in [-0.3, -0.25) is 14.7 Å². The van der Waals surface area contributed by atoms with E-state index in [4.69, 9.17) is 9.47 Å². The molecule has 2 aliphatic heterocycles. The van der Waals surface area contributed by atoms with E-state index in [1.54, 1.807) is 36.5 Å². The first-order chi connectivity index (χ1) is 16.6. The highest BCUT2D eigenvalue weighted by atomic mass is 19.1. The van der Waals surface area contributed by atoms with E-state index in [2.05, 4.69) is 28.1 Å². The van der Waals surface area contributed by atoms with Crippen molar-refractivity contribution in [2.24, 2.45) is 0 Å². The monoisotopic (exact) mass is 459 g/mol. The molecule has 3 heterocycles. The van der Waals surface area contributed by atoms with Crippen molar-refractivity contribution < 1.29 is 18.7 Å². The maximum atomic E-state index is 14.4. The van der Waals surface area contributed by atoms with Crippen LogP contribution in [0.15, 0.2) is 67.0 Å². The molecule has 7 heteroatoms. The first-order valence-electron chi connectivity index (χ1n) is 11.5. The molecule has 5 rings (SSSR count). The molecule has 34 heavy (non-hydrogen) atoms. The summed E-state index contributed by atoms with van der Waals surface area (Å²) in [5.41, 5.74) is 3.16. The maximum absolute atomic E-state index is 14.4. The first kappa shape index (κ1) is 22.1. The van der Waals surface area contributed by atoms with Gasteiger partial charge in [0.25, 0.3) is 0 Å². The van der Waals surface area contributed by atoms with Crippen LogP contribution in [0.1, 0.15) is 16.7 Å². The molecule has 0 radical (unpaired) electrons. The number of piperazine rings is 1. The van der Waals surface area contributed by atoms with Crippen molar-refractivity contribution in [3.8, 4) is 17.2 Å². The maximum Gasteiger partial charge on any atom is 0.246 e. The highest BCUT2D eigenvalue weighted by molar-refractivity contribution is 5.91. The van der Waals surface area contributed by atoms with Gasteiger partial charge in [-0.1, -0.05) is 18.2 Å². The van der Waals surface area contributed by atoms with Crippen molar-refractivity contribution in [1.29, 1.82) is 0 Å². The normalized spacial score (nSPS) is 15.9. The summed E-state index contributed by atoms with van der Waals surface area (Å²) in [5, 5.41) is 0. The fourth-order valence-corrected chi connectivity index (χ4v) is 4.23. The zero-order valence-corrected chi connectivity index (χ0v) is 18.8. The molecule has 1 fully saturated rings. The number of halogens is 1. The van der Waals surface area contributed by atoms with E-state index in [-0.39, 0.29) is 11.7 Å². The molecule has 2 aromatic carbocycles. The number of ether oxygens (including phenoxy) is 2. The third-order valence-corrected chi connectivity index (χ3v) is 6.08. The Kier molecular flexibility index (Phi) is 6.53. The number of amides is 1. The predicted molar refractivity (Wildman–Crippen MR) is 127 cm³/mol. The summed E-state index contributed by atoms with van der Waals surface area (Å²) in [7, 11) is 0. The summed E-state index contributed by atoms with van der Waals surface area (Å²) >= 11 is 0. The van der Waals surface area contributed by atoms with E-state index < -0.39 is 5.82 Å². The van der Waals surface area contributed by atoms with Gasteiger partial charge in [0, 0.05) is 51.4 Å².